The van der Waals surface area contributed by atoms with E-state index in [2.05, 4.69) is 22.4 Å². The Morgan fingerprint density at radius 1 is 1.00 bits per heavy atom. The summed E-state index contributed by atoms with van der Waals surface area (Å²) in [5, 5.41) is 11.7. The molecule has 9 heteroatoms. The fourth-order valence-electron chi connectivity index (χ4n) is 4.13. The van der Waals surface area contributed by atoms with Crippen molar-refractivity contribution in [1.29, 1.82) is 0 Å². The molecule has 1 aromatic heterocycles. The van der Waals surface area contributed by atoms with E-state index < -0.39 is 24.5 Å². The number of benzene rings is 2. The first-order chi connectivity index (χ1) is 17.0. The molecule has 9 nitrogen and oxygen atoms in total. The highest BCUT2D eigenvalue weighted by molar-refractivity contribution is 5.94. The van der Waals surface area contributed by atoms with E-state index in [0.29, 0.717) is 5.69 Å². The van der Waals surface area contributed by atoms with E-state index in [9.17, 15) is 14.4 Å². The monoisotopic (exact) mass is 475 g/mol. The van der Waals surface area contributed by atoms with Gasteiger partial charge in [-0.2, -0.15) is 0 Å². The van der Waals surface area contributed by atoms with Crippen molar-refractivity contribution in [3.05, 3.63) is 83.7 Å². The molecular formula is C26H25N3O6. The average molecular weight is 476 g/mol. The Hall–Kier alpha value is -4.24. The normalized spacial score (nSPS) is 11.9. The number of aromatic nitrogens is 1. The maximum atomic E-state index is 12.6. The fraction of sp³-hybridized carbons (Fsp3) is 0.231. The minimum atomic E-state index is -1.14. The van der Waals surface area contributed by atoms with E-state index in [1.54, 1.807) is 0 Å². The minimum absolute atomic E-state index is 0.0560. The van der Waals surface area contributed by atoms with Crippen molar-refractivity contribution in [1.82, 2.24) is 9.88 Å². The number of fused-ring (bicyclic) bond motifs is 3. The van der Waals surface area contributed by atoms with Crippen molar-refractivity contribution in [2.75, 3.05) is 38.7 Å². The second-order valence-corrected chi connectivity index (χ2v) is 8.00. The van der Waals surface area contributed by atoms with Gasteiger partial charge in [0.25, 0.3) is 5.91 Å². The van der Waals surface area contributed by atoms with Crippen molar-refractivity contribution in [2.45, 2.75) is 5.92 Å². The van der Waals surface area contributed by atoms with Crippen LogP contribution < -0.4 is 5.32 Å². The molecule has 0 saturated heterocycles. The van der Waals surface area contributed by atoms with Gasteiger partial charge in [0.05, 0.1) is 18.5 Å². The number of rotatable bonds is 9. The lowest BCUT2D eigenvalue weighted by Crippen LogP contribution is -2.38. The van der Waals surface area contributed by atoms with Crippen LogP contribution in [0.1, 0.15) is 27.5 Å². The first-order valence-electron chi connectivity index (χ1n) is 11.1. The van der Waals surface area contributed by atoms with Crippen LogP contribution in [0, 0.1) is 0 Å². The number of pyridine rings is 1. The summed E-state index contributed by atoms with van der Waals surface area (Å²) in [5.74, 6) is -1.74. The number of hydrogen-bond acceptors (Lipinski definition) is 6. The van der Waals surface area contributed by atoms with Gasteiger partial charge in [-0.15, -0.1) is 0 Å². The predicted molar refractivity (Wildman–Crippen MR) is 128 cm³/mol. The lowest BCUT2D eigenvalue weighted by Gasteiger charge is -2.19. The minimum Gasteiger partial charge on any atom is -0.480 e. The molecule has 0 spiro atoms. The summed E-state index contributed by atoms with van der Waals surface area (Å²) in [6.07, 6.45) is 0.685. The van der Waals surface area contributed by atoms with Crippen LogP contribution in [0.25, 0.3) is 11.1 Å². The maximum absolute atomic E-state index is 12.6. The van der Waals surface area contributed by atoms with Crippen LogP contribution >= 0.6 is 0 Å². The number of aliphatic carboxylic acids is 1. The number of methoxy groups -OCH3 is 1. The number of amides is 2. The van der Waals surface area contributed by atoms with Gasteiger partial charge in [-0.3, -0.25) is 14.9 Å². The molecule has 0 atom stereocenters. The molecule has 1 aliphatic carbocycles. The third-order valence-electron chi connectivity index (χ3n) is 5.75. The highest BCUT2D eigenvalue weighted by Gasteiger charge is 2.29. The van der Waals surface area contributed by atoms with E-state index in [4.69, 9.17) is 14.6 Å². The summed E-state index contributed by atoms with van der Waals surface area (Å²) in [4.78, 5) is 41.3. The Morgan fingerprint density at radius 3 is 2.23 bits per heavy atom. The Morgan fingerprint density at radius 2 is 1.66 bits per heavy atom. The van der Waals surface area contributed by atoms with Gasteiger partial charge in [0.2, 0.25) is 0 Å². The molecule has 0 saturated carbocycles. The van der Waals surface area contributed by atoms with Gasteiger partial charge in [-0.1, -0.05) is 48.5 Å². The third kappa shape index (κ3) is 5.47. The Balaban J connectivity index is 1.37. The Labute approximate surface area is 202 Å². The SMILES string of the molecule is COCCN(CC(=O)O)C(=O)c1ccc(NC(=O)OCC2c3ccccc3-c3ccccc32)cn1. The second kappa shape index (κ2) is 10.8. The van der Waals surface area contributed by atoms with E-state index in [0.717, 1.165) is 27.2 Å². The summed E-state index contributed by atoms with van der Waals surface area (Å²) in [6, 6.07) is 19.1. The Kier molecular flexibility index (Phi) is 7.37. The van der Waals surface area contributed by atoms with Gasteiger partial charge >= 0.3 is 12.1 Å². The van der Waals surface area contributed by atoms with E-state index >= 15 is 0 Å². The number of anilines is 1. The fourth-order valence-corrected chi connectivity index (χ4v) is 4.13. The molecule has 35 heavy (non-hydrogen) atoms. The lowest BCUT2D eigenvalue weighted by atomic mass is 9.98. The first-order valence-corrected chi connectivity index (χ1v) is 11.1. The van der Waals surface area contributed by atoms with Crippen LogP contribution in [0.2, 0.25) is 0 Å². The van der Waals surface area contributed by atoms with Gasteiger partial charge in [-0.05, 0) is 34.4 Å². The van der Waals surface area contributed by atoms with Crippen molar-refractivity contribution in [2.24, 2.45) is 0 Å². The van der Waals surface area contributed by atoms with Gasteiger partial charge in [0, 0.05) is 19.6 Å². The molecule has 2 aromatic carbocycles. The number of carboxylic acids is 1. The maximum Gasteiger partial charge on any atom is 0.411 e. The van der Waals surface area contributed by atoms with Gasteiger partial charge in [0.15, 0.2) is 0 Å². The van der Waals surface area contributed by atoms with Gasteiger partial charge in [0.1, 0.15) is 18.8 Å². The third-order valence-corrected chi connectivity index (χ3v) is 5.75. The van der Waals surface area contributed by atoms with Crippen LogP contribution in [-0.2, 0) is 14.3 Å². The molecule has 0 unspecified atom stereocenters. The molecular weight excluding hydrogens is 450 g/mol. The van der Waals surface area contributed by atoms with Gasteiger partial charge in [-0.25, -0.2) is 9.78 Å². The number of carbonyl (C=O) groups is 3. The number of nitrogens with zero attached hydrogens (tertiary/aromatic N) is 2. The van der Waals surface area contributed by atoms with Crippen molar-refractivity contribution >= 4 is 23.7 Å². The number of nitrogens with one attached hydrogen (secondary N) is 1. The molecule has 2 amide bonds. The molecule has 3 aromatic rings. The number of carbonyl (C=O) groups excluding carboxylic acids is 2. The summed E-state index contributed by atoms with van der Waals surface area (Å²) in [5.41, 5.74) is 4.92. The topological polar surface area (TPSA) is 118 Å². The number of hydrogen-bond donors (Lipinski definition) is 2. The average Bonchev–Trinajstić information content (AvgIpc) is 3.19. The molecule has 2 N–H and O–H groups in total. The number of carboxylic acid groups (broad SMARTS) is 1. The first kappa shape index (κ1) is 23.9. The number of ether oxygens (including phenoxy) is 2. The lowest BCUT2D eigenvalue weighted by molar-refractivity contribution is -0.137. The zero-order chi connectivity index (χ0) is 24.8. The van der Waals surface area contributed by atoms with Crippen LogP contribution in [0.15, 0.2) is 66.9 Å². The van der Waals surface area contributed by atoms with E-state index in [-0.39, 0.29) is 31.4 Å². The van der Waals surface area contributed by atoms with Crippen LogP contribution in [0.5, 0.6) is 0 Å². The quantitative estimate of drug-likeness (QED) is 0.485. The van der Waals surface area contributed by atoms with Crippen LogP contribution in [0.3, 0.4) is 0 Å². The molecule has 0 radical (unpaired) electrons. The Bertz CT molecular complexity index is 1180. The largest absolute Gasteiger partial charge is 0.480 e. The molecule has 0 aliphatic heterocycles. The standard InChI is InChI=1S/C26H25N3O6/c1-34-13-12-29(15-24(30)31)25(32)23-11-10-17(14-27-23)28-26(33)35-16-22-20-8-4-2-6-18(20)19-7-3-5-9-21(19)22/h2-11,14,22H,12-13,15-16H2,1H3,(H,28,33)(H,30,31). The highest BCUT2D eigenvalue weighted by atomic mass is 16.5. The zero-order valence-corrected chi connectivity index (χ0v) is 19.1. The van der Waals surface area contributed by atoms with E-state index in [1.165, 1.54) is 25.4 Å². The smallest absolute Gasteiger partial charge is 0.411 e. The van der Waals surface area contributed by atoms with E-state index in [1.807, 2.05) is 36.4 Å². The van der Waals surface area contributed by atoms with Crippen molar-refractivity contribution in [3.8, 4) is 11.1 Å². The molecule has 180 valence electrons. The zero-order valence-electron chi connectivity index (χ0n) is 19.1. The van der Waals surface area contributed by atoms with Crippen LogP contribution in [0.4, 0.5) is 10.5 Å². The predicted octanol–water partition coefficient (Wildman–Crippen LogP) is 3.62. The second-order valence-electron chi connectivity index (χ2n) is 8.00. The molecule has 4 rings (SSSR count). The van der Waals surface area contributed by atoms with Crippen molar-refractivity contribution < 1.29 is 29.0 Å². The van der Waals surface area contributed by atoms with Gasteiger partial charge < -0.3 is 19.5 Å². The van der Waals surface area contributed by atoms with Crippen LogP contribution in [-0.4, -0.2) is 66.4 Å². The summed E-state index contributed by atoms with van der Waals surface area (Å²) in [6.45, 7) is 0.0145. The molecule has 1 heterocycles. The highest BCUT2D eigenvalue weighted by Crippen LogP contribution is 2.44. The molecule has 0 bridgehead atoms. The molecule has 0 fully saturated rings. The summed E-state index contributed by atoms with van der Waals surface area (Å²) < 4.78 is 10.4. The van der Waals surface area contributed by atoms with Crippen molar-refractivity contribution in [3.63, 3.8) is 0 Å². The molecule has 1 aliphatic rings. The summed E-state index contributed by atoms with van der Waals surface area (Å²) in [7, 11) is 1.46. The summed E-state index contributed by atoms with van der Waals surface area (Å²) >= 11 is 0.